The van der Waals surface area contributed by atoms with Crippen molar-refractivity contribution < 1.29 is 14.1 Å². The Balaban J connectivity index is 1.72. The van der Waals surface area contributed by atoms with E-state index in [9.17, 15) is 4.79 Å². The van der Waals surface area contributed by atoms with Crippen LogP contribution in [0.4, 0.5) is 0 Å². The van der Waals surface area contributed by atoms with Crippen molar-refractivity contribution in [2.24, 2.45) is 0 Å². The van der Waals surface area contributed by atoms with Gasteiger partial charge in [-0.1, -0.05) is 23.4 Å². The molecule has 1 aromatic carbocycles. The van der Waals surface area contributed by atoms with Crippen LogP contribution in [0.1, 0.15) is 35.0 Å². The number of nitrogens with zero attached hydrogens (tertiary/aromatic N) is 1. The Hall–Kier alpha value is -2.30. The van der Waals surface area contributed by atoms with E-state index in [1.54, 1.807) is 0 Å². The summed E-state index contributed by atoms with van der Waals surface area (Å²) < 4.78 is 10.7. The van der Waals surface area contributed by atoms with Crippen molar-refractivity contribution >= 4 is 5.91 Å². The van der Waals surface area contributed by atoms with Gasteiger partial charge in [0.1, 0.15) is 11.5 Å². The Kier molecular flexibility index (Phi) is 3.64. The van der Waals surface area contributed by atoms with Crippen molar-refractivity contribution in [1.29, 1.82) is 0 Å². The molecule has 0 saturated heterocycles. The summed E-state index contributed by atoms with van der Waals surface area (Å²) in [5.74, 6) is 1.53. The van der Waals surface area contributed by atoms with Gasteiger partial charge >= 0.3 is 0 Å². The predicted octanol–water partition coefficient (Wildman–Crippen LogP) is 2.47. The van der Waals surface area contributed by atoms with Crippen molar-refractivity contribution in [3.8, 4) is 5.75 Å². The fourth-order valence-corrected chi connectivity index (χ4v) is 2.65. The van der Waals surface area contributed by atoms with Crippen LogP contribution in [0.2, 0.25) is 0 Å². The molecule has 21 heavy (non-hydrogen) atoms. The summed E-state index contributed by atoms with van der Waals surface area (Å²) in [7, 11) is 0. The first-order valence-corrected chi connectivity index (χ1v) is 7.08. The Morgan fingerprint density at radius 2 is 2.19 bits per heavy atom. The van der Waals surface area contributed by atoms with Gasteiger partial charge in [-0.15, -0.1) is 0 Å². The van der Waals surface area contributed by atoms with Crippen molar-refractivity contribution in [3.05, 3.63) is 46.8 Å². The highest BCUT2D eigenvalue weighted by Gasteiger charge is 2.23. The molecule has 5 nitrogen and oxygen atoms in total. The lowest BCUT2D eigenvalue weighted by molar-refractivity contribution is -0.121. The van der Waals surface area contributed by atoms with E-state index in [1.807, 2.05) is 38.1 Å². The molecule has 5 heteroatoms. The number of hydrogen-bond donors (Lipinski definition) is 1. The zero-order valence-electron chi connectivity index (χ0n) is 12.2. The van der Waals surface area contributed by atoms with Gasteiger partial charge in [-0.3, -0.25) is 4.79 Å². The number of ether oxygens (including phenoxy) is 1. The minimum absolute atomic E-state index is 0.00271. The first-order chi connectivity index (χ1) is 10.1. The van der Waals surface area contributed by atoms with Gasteiger partial charge in [0.15, 0.2) is 0 Å². The molecule has 1 aliphatic rings. The lowest BCUT2D eigenvalue weighted by Gasteiger charge is -2.26. The van der Waals surface area contributed by atoms with Gasteiger partial charge in [-0.2, -0.15) is 0 Å². The molecule has 0 bridgehead atoms. The molecule has 0 radical (unpaired) electrons. The predicted molar refractivity (Wildman–Crippen MR) is 77.1 cm³/mol. The van der Waals surface area contributed by atoms with Gasteiger partial charge in [-0.05, 0) is 19.9 Å². The van der Waals surface area contributed by atoms with Crippen LogP contribution >= 0.6 is 0 Å². The Morgan fingerprint density at radius 3 is 2.95 bits per heavy atom. The van der Waals surface area contributed by atoms with E-state index in [-0.39, 0.29) is 11.9 Å². The smallest absolute Gasteiger partial charge is 0.225 e. The van der Waals surface area contributed by atoms with Gasteiger partial charge in [0.25, 0.3) is 0 Å². The topological polar surface area (TPSA) is 64.4 Å². The average molecular weight is 286 g/mol. The summed E-state index contributed by atoms with van der Waals surface area (Å²) in [5.41, 5.74) is 2.68. The molecule has 0 saturated carbocycles. The molecule has 0 aliphatic carbocycles. The zero-order valence-corrected chi connectivity index (χ0v) is 12.2. The Labute approximate surface area is 123 Å². The van der Waals surface area contributed by atoms with Crippen LogP contribution in [0.25, 0.3) is 0 Å². The van der Waals surface area contributed by atoms with Crippen LogP contribution in [0.3, 0.4) is 0 Å². The number of para-hydroxylation sites is 1. The Bertz CT molecular complexity index is 644. The van der Waals surface area contributed by atoms with Gasteiger partial charge in [0.05, 0.1) is 24.8 Å². The molecule has 2 heterocycles. The monoisotopic (exact) mass is 286 g/mol. The van der Waals surface area contributed by atoms with Crippen LogP contribution in [0.15, 0.2) is 28.8 Å². The number of carbonyl (C=O) groups excluding carboxylic acids is 1. The number of fused-ring (bicyclic) bond motifs is 1. The molecule has 0 spiro atoms. The van der Waals surface area contributed by atoms with E-state index >= 15 is 0 Å². The molecule has 3 rings (SSSR count). The van der Waals surface area contributed by atoms with E-state index in [1.165, 1.54) is 0 Å². The van der Waals surface area contributed by atoms with E-state index in [4.69, 9.17) is 9.26 Å². The highest BCUT2D eigenvalue weighted by Crippen LogP contribution is 2.31. The quantitative estimate of drug-likeness (QED) is 0.941. The largest absolute Gasteiger partial charge is 0.493 e. The molecular formula is C16H18N2O3. The number of aryl methyl sites for hydroxylation is 2. The molecule has 0 fully saturated rings. The summed E-state index contributed by atoms with van der Waals surface area (Å²) in [6.07, 6.45) is 1.07. The Morgan fingerprint density at radius 1 is 1.38 bits per heavy atom. The molecule has 1 N–H and O–H groups in total. The van der Waals surface area contributed by atoms with Crippen LogP contribution < -0.4 is 10.1 Å². The summed E-state index contributed by atoms with van der Waals surface area (Å²) >= 11 is 0. The van der Waals surface area contributed by atoms with Crippen LogP contribution in [0, 0.1) is 13.8 Å². The van der Waals surface area contributed by atoms with Crippen molar-refractivity contribution in [3.63, 3.8) is 0 Å². The van der Waals surface area contributed by atoms with Crippen LogP contribution in [-0.2, 0) is 11.2 Å². The SMILES string of the molecule is Cc1noc(C)c1CC(=O)NC1CCOc2ccccc21. The number of nitrogens with one attached hydrogen (secondary N) is 1. The summed E-state index contributed by atoms with van der Waals surface area (Å²) in [6.45, 7) is 4.29. The van der Waals surface area contributed by atoms with E-state index in [0.29, 0.717) is 18.8 Å². The first-order valence-electron chi connectivity index (χ1n) is 7.08. The number of rotatable bonds is 3. The van der Waals surface area contributed by atoms with Crippen molar-refractivity contribution in [2.45, 2.75) is 32.7 Å². The van der Waals surface area contributed by atoms with Gasteiger partial charge in [-0.25, -0.2) is 0 Å². The van der Waals surface area contributed by atoms with E-state index in [2.05, 4.69) is 10.5 Å². The highest BCUT2D eigenvalue weighted by molar-refractivity contribution is 5.79. The minimum atomic E-state index is -0.0221. The third kappa shape index (κ3) is 2.77. The number of hydrogen-bond acceptors (Lipinski definition) is 4. The molecule has 1 atom stereocenters. The minimum Gasteiger partial charge on any atom is -0.493 e. The molecule has 2 aromatic rings. The summed E-state index contributed by atoms with van der Waals surface area (Å²) in [4.78, 5) is 12.3. The summed E-state index contributed by atoms with van der Waals surface area (Å²) in [6, 6.07) is 7.83. The van der Waals surface area contributed by atoms with Gasteiger partial charge in [0, 0.05) is 17.5 Å². The standard InChI is InChI=1S/C16H18N2O3/c1-10-13(11(2)21-18-10)9-16(19)17-14-7-8-20-15-6-4-3-5-12(14)15/h3-6,14H,7-9H2,1-2H3,(H,17,19). The molecule has 1 amide bonds. The first kappa shape index (κ1) is 13.7. The normalized spacial score (nSPS) is 17.0. The maximum absolute atomic E-state index is 12.3. The molecule has 110 valence electrons. The van der Waals surface area contributed by atoms with Crippen molar-refractivity contribution in [1.82, 2.24) is 10.5 Å². The number of amides is 1. The third-order valence-corrected chi connectivity index (χ3v) is 3.81. The molecular weight excluding hydrogens is 268 g/mol. The molecule has 1 unspecified atom stereocenters. The number of aromatic nitrogens is 1. The summed E-state index contributed by atoms with van der Waals surface area (Å²) in [5, 5.41) is 6.96. The lowest BCUT2D eigenvalue weighted by Crippen LogP contribution is -2.33. The second-order valence-electron chi connectivity index (χ2n) is 5.27. The fourth-order valence-electron chi connectivity index (χ4n) is 2.65. The number of benzene rings is 1. The van der Waals surface area contributed by atoms with E-state index < -0.39 is 0 Å². The molecule has 1 aromatic heterocycles. The van der Waals surface area contributed by atoms with Crippen LogP contribution in [-0.4, -0.2) is 17.7 Å². The maximum atomic E-state index is 12.3. The van der Waals surface area contributed by atoms with Gasteiger partial charge < -0.3 is 14.6 Å². The second kappa shape index (κ2) is 5.60. The number of carbonyl (C=O) groups is 1. The van der Waals surface area contributed by atoms with E-state index in [0.717, 1.165) is 29.0 Å². The molecule has 1 aliphatic heterocycles. The maximum Gasteiger partial charge on any atom is 0.225 e. The van der Waals surface area contributed by atoms with Gasteiger partial charge in [0.2, 0.25) is 5.91 Å². The fraction of sp³-hybridized carbons (Fsp3) is 0.375. The third-order valence-electron chi connectivity index (χ3n) is 3.81. The highest BCUT2D eigenvalue weighted by atomic mass is 16.5. The van der Waals surface area contributed by atoms with Crippen LogP contribution in [0.5, 0.6) is 5.75 Å². The second-order valence-corrected chi connectivity index (χ2v) is 5.27. The zero-order chi connectivity index (χ0) is 14.8. The van der Waals surface area contributed by atoms with Crippen molar-refractivity contribution in [2.75, 3.05) is 6.61 Å². The lowest BCUT2D eigenvalue weighted by atomic mass is 10.00. The average Bonchev–Trinajstić information content (AvgIpc) is 2.79.